The van der Waals surface area contributed by atoms with Crippen LogP contribution < -0.4 is 26.4 Å². The number of pyridine rings is 1. The smallest absolute Gasteiger partial charge is 0.227 e. The first-order valence-electron chi connectivity index (χ1n) is 17.3. The van der Waals surface area contributed by atoms with Gasteiger partial charge in [0.1, 0.15) is 52.7 Å². The molecular formula is C41H13BBrF20NO. The molecule has 0 bridgehead atoms. The monoisotopic (exact) mass is 1000 g/mol. The van der Waals surface area contributed by atoms with Gasteiger partial charge in [-0.1, -0.05) is 40.2 Å². The fourth-order valence-electron chi connectivity index (χ4n) is 7.11. The van der Waals surface area contributed by atoms with Gasteiger partial charge in [-0.2, -0.15) is 4.57 Å². The maximum absolute atomic E-state index is 15.4. The third kappa shape index (κ3) is 7.63. The molecule has 0 saturated heterocycles. The van der Waals surface area contributed by atoms with Crippen LogP contribution in [0.5, 0.6) is 0 Å². The van der Waals surface area contributed by atoms with Crippen LogP contribution in [0.25, 0.3) is 10.9 Å². The average molecular weight is 1010 g/mol. The van der Waals surface area contributed by atoms with Crippen molar-refractivity contribution >= 4 is 60.6 Å². The van der Waals surface area contributed by atoms with Gasteiger partial charge in [-0.3, -0.25) is 4.79 Å². The Hall–Kier alpha value is -6.46. The van der Waals surface area contributed by atoms with E-state index in [4.69, 9.17) is 0 Å². The quantitative estimate of drug-likeness (QED) is 0.0390. The van der Waals surface area contributed by atoms with Gasteiger partial charge in [0.05, 0.1) is 0 Å². The standard InChI is InChI=1S/C24BF20.C17H13BrNO/c26-5-1(6(27)14(35)21(42)13(5)34)25(2-7(28)15(36)22(43)16(37)8(2)29,3-9(30)17(38)23(44)18(39)10(3)31)4-11(32)19(40)24(45)20(41)12(4)33;18-15-9-7-14(8-10-15)17(20)12-19-11-3-5-13-4-1-2-6-16(13)19/h;1-11H,12H2/q-1;+1. The molecule has 0 saturated carbocycles. The van der Waals surface area contributed by atoms with Crippen LogP contribution in [-0.2, 0) is 6.54 Å². The first-order valence-corrected chi connectivity index (χ1v) is 18.1. The van der Waals surface area contributed by atoms with E-state index in [1.165, 1.54) is 0 Å². The zero-order chi connectivity index (χ0) is 48.3. The SMILES string of the molecule is Fc1c(F)c(F)c([B-](c2c(F)c(F)c(F)c(F)c2F)(c2c(F)c(F)c(F)c(F)c2F)c2c(F)c(F)c(F)c(F)c2F)c(F)c1F.O=C(C[n+]1cccc2ccccc21)c1ccc(Br)cc1. The van der Waals surface area contributed by atoms with Gasteiger partial charge in [0.25, 0.3) is 0 Å². The topological polar surface area (TPSA) is 20.9 Å². The van der Waals surface area contributed by atoms with Crippen LogP contribution in [0.2, 0.25) is 0 Å². The summed E-state index contributed by atoms with van der Waals surface area (Å²) in [6.45, 7) is 0.350. The highest BCUT2D eigenvalue weighted by Gasteiger charge is 2.52. The molecule has 0 unspecified atom stereocenters. The van der Waals surface area contributed by atoms with Crippen LogP contribution in [0.4, 0.5) is 87.8 Å². The number of benzene rings is 6. The summed E-state index contributed by atoms with van der Waals surface area (Å²) in [7, 11) is 0. The molecule has 0 N–H and O–H groups in total. The van der Waals surface area contributed by atoms with Crippen molar-refractivity contribution in [1.82, 2.24) is 0 Å². The fourth-order valence-corrected chi connectivity index (χ4v) is 7.38. The molecule has 6 aromatic carbocycles. The van der Waals surface area contributed by atoms with Crippen molar-refractivity contribution in [1.29, 1.82) is 0 Å². The van der Waals surface area contributed by atoms with E-state index in [-0.39, 0.29) is 5.78 Å². The third-order valence-corrected chi connectivity index (χ3v) is 10.5. The van der Waals surface area contributed by atoms with Crippen molar-refractivity contribution in [3.8, 4) is 0 Å². The van der Waals surface area contributed by atoms with Gasteiger partial charge in [-0.15, -0.1) is 21.9 Å². The predicted octanol–water partition coefficient (Wildman–Crippen LogP) is 9.62. The minimum atomic E-state index is -7.22. The second kappa shape index (κ2) is 17.8. The molecule has 1 aromatic heterocycles. The van der Waals surface area contributed by atoms with E-state index in [1.54, 1.807) is 0 Å². The highest BCUT2D eigenvalue weighted by atomic mass is 79.9. The molecule has 338 valence electrons. The second-order valence-electron chi connectivity index (χ2n) is 13.4. The summed E-state index contributed by atoms with van der Waals surface area (Å²) in [5.74, 6) is -71.3. The number of fused-ring (bicyclic) bond motifs is 1. The molecule has 65 heavy (non-hydrogen) atoms. The van der Waals surface area contributed by atoms with E-state index in [0.717, 1.165) is 20.9 Å². The van der Waals surface area contributed by atoms with Crippen LogP contribution >= 0.6 is 15.9 Å². The molecule has 0 radical (unpaired) electrons. The van der Waals surface area contributed by atoms with E-state index >= 15 is 35.1 Å². The van der Waals surface area contributed by atoms with Crippen LogP contribution in [-0.4, -0.2) is 11.9 Å². The molecule has 0 aliphatic heterocycles. The minimum absolute atomic E-state index is 0.110. The number of Topliss-reactive ketones (excluding diaryl/α,β-unsaturated/α-hetero) is 1. The third-order valence-electron chi connectivity index (χ3n) is 9.98. The maximum Gasteiger partial charge on any atom is 0.227 e. The zero-order valence-corrected chi connectivity index (χ0v) is 32.5. The summed E-state index contributed by atoms with van der Waals surface area (Å²) in [4.78, 5) is 12.3. The van der Waals surface area contributed by atoms with E-state index in [2.05, 4.69) is 28.1 Å². The Bertz CT molecular complexity index is 2730. The van der Waals surface area contributed by atoms with E-state index in [1.807, 2.05) is 59.3 Å². The average Bonchev–Trinajstić information content (AvgIpc) is 3.29. The van der Waals surface area contributed by atoms with Crippen LogP contribution in [0.15, 0.2) is 71.3 Å². The number of aromatic nitrogens is 1. The Labute approximate surface area is 357 Å². The Morgan fingerprint density at radius 2 is 0.662 bits per heavy atom. The molecule has 24 heteroatoms. The molecule has 7 rings (SSSR count). The normalized spacial score (nSPS) is 11.6. The molecule has 1 heterocycles. The van der Waals surface area contributed by atoms with Gasteiger partial charge in [-0.25, -0.2) is 87.8 Å². The lowest BCUT2D eigenvalue weighted by Gasteiger charge is -2.44. The molecule has 0 aliphatic rings. The zero-order valence-electron chi connectivity index (χ0n) is 30.9. The first-order chi connectivity index (χ1) is 30.4. The number of rotatable bonds is 7. The van der Waals surface area contributed by atoms with Gasteiger partial charge in [0.15, 0.2) is 76.0 Å². The van der Waals surface area contributed by atoms with Crippen LogP contribution in [0.3, 0.4) is 0 Å². The Morgan fingerprint density at radius 1 is 0.385 bits per heavy atom. The van der Waals surface area contributed by atoms with Crippen molar-refractivity contribution in [2.24, 2.45) is 0 Å². The van der Waals surface area contributed by atoms with Crippen molar-refractivity contribution in [3.05, 3.63) is 193 Å². The van der Waals surface area contributed by atoms with Crippen molar-refractivity contribution < 1.29 is 97.2 Å². The number of para-hydroxylation sites is 1. The molecule has 0 atom stereocenters. The van der Waals surface area contributed by atoms with E-state index in [9.17, 15) is 57.5 Å². The molecule has 0 spiro atoms. The molecule has 7 aromatic rings. The summed E-state index contributed by atoms with van der Waals surface area (Å²) in [5, 5.41) is 1.14. The summed E-state index contributed by atoms with van der Waals surface area (Å²) in [6.07, 6.45) is -5.27. The Kier molecular flexibility index (Phi) is 13.2. The fraction of sp³-hybridized carbons (Fsp3) is 0.0244. The number of carbonyl (C=O) groups excluding carboxylic acids is 1. The number of carbonyl (C=O) groups is 1. The van der Waals surface area contributed by atoms with Crippen LogP contribution in [0.1, 0.15) is 10.4 Å². The van der Waals surface area contributed by atoms with Crippen molar-refractivity contribution in [2.45, 2.75) is 6.54 Å². The largest absolute Gasteiger partial charge is 0.287 e. The predicted molar refractivity (Wildman–Crippen MR) is 192 cm³/mol. The second-order valence-corrected chi connectivity index (χ2v) is 14.3. The number of ketones is 1. The highest BCUT2D eigenvalue weighted by molar-refractivity contribution is 9.10. The lowest BCUT2D eigenvalue weighted by atomic mass is 9.12. The summed E-state index contributed by atoms with van der Waals surface area (Å²) >= 11 is 3.38. The van der Waals surface area contributed by atoms with Crippen molar-refractivity contribution in [2.75, 3.05) is 0 Å². The van der Waals surface area contributed by atoms with Crippen molar-refractivity contribution in [3.63, 3.8) is 0 Å². The highest BCUT2D eigenvalue weighted by Crippen LogP contribution is 2.31. The first kappa shape index (κ1) is 48.0. The minimum Gasteiger partial charge on any atom is -0.287 e. The lowest BCUT2D eigenvalue weighted by molar-refractivity contribution is -0.657. The summed E-state index contributed by atoms with van der Waals surface area (Å²) < 4.78 is 297. The molecule has 2 nitrogen and oxygen atoms in total. The molecule has 0 aliphatic carbocycles. The number of hydrogen-bond acceptors (Lipinski definition) is 1. The Morgan fingerprint density at radius 3 is 0.985 bits per heavy atom. The van der Waals surface area contributed by atoms with Gasteiger partial charge >= 0.3 is 0 Å². The van der Waals surface area contributed by atoms with Gasteiger partial charge in [0, 0.05) is 27.6 Å². The van der Waals surface area contributed by atoms with E-state index < -0.39 is 144 Å². The number of hydrogen-bond donors (Lipinski definition) is 0. The van der Waals surface area contributed by atoms with Gasteiger partial charge in [0.2, 0.25) is 17.8 Å². The van der Waals surface area contributed by atoms with Gasteiger partial charge < -0.3 is 0 Å². The van der Waals surface area contributed by atoms with Crippen LogP contribution in [0, 0.1) is 116 Å². The van der Waals surface area contributed by atoms with E-state index in [0.29, 0.717) is 6.54 Å². The number of halogens is 21. The maximum atomic E-state index is 15.4. The summed E-state index contributed by atoms with van der Waals surface area (Å²) in [5.41, 5.74) is -12.5. The molecular weight excluding hydrogens is 993 g/mol. The lowest BCUT2D eigenvalue weighted by Crippen LogP contribution is -2.81. The molecule has 0 fully saturated rings. The molecule has 0 amide bonds. The van der Waals surface area contributed by atoms with Gasteiger partial charge in [-0.05, 0) is 24.3 Å². The summed E-state index contributed by atoms with van der Waals surface area (Å²) in [6, 6.07) is 19.6. The Balaban J connectivity index is 0.000000289. The number of nitrogens with zero attached hydrogens (tertiary/aromatic N) is 1.